The highest BCUT2D eigenvalue weighted by Gasteiger charge is 2.48. The minimum Gasteiger partial charge on any atom is -0.344 e. The summed E-state index contributed by atoms with van der Waals surface area (Å²) in [7, 11) is 1.75. The number of carbonyl (C=O) groups is 1. The maximum atomic E-state index is 13.2. The van der Waals surface area contributed by atoms with Crippen LogP contribution in [0.4, 0.5) is 13.2 Å². The van der Waals surface area contributed by atoms with Crippen molar-refractivity contribution in [3.63, 3.8) is 0 Å². The molecule has 0 radical (unpaired) electrons. The Balaban J connectivity index is 1.79. The van der Waals surface area contributed by atoms with Crippen molar-refractivity contribution in [2.75, 3.05) is 13.6 Å². The highest BCUT2D eigenvalue weighted by Crippen LogP contribution is 2.38. The van der Waals surface area contributed by atoms with Crippen LogP contribution in [0.3, 0.4) is 0 Å². The minimum absolute atomic E-state index is 0.00461. The first-order chi connectivity index (χ1) is 14.1. The van der Waals surface area contributed by atoms with E-state index in [0.717, 1.165) is 12.1 Å². The van der Waals surface area contributed by atoms with E-state index < -0.39 is 17.3 Å². The monoisotopic (exact) mass is 412 g/mol. The molecule has 2 aliphatic rings. The first kappa shape index (κ1) is 20.1. The Hall–Kier alpha value is -3.21. The number of likely N-dealkylation sites (N-methyl/N-ethyl adjacent to an activating group) is 1. The van der Waals surface area contributed by atoms with E-state index in [1.54, 1.807) is 31.0 Å². The number of benzene rings is 1. The molecule has 1 spiro atoms. The number of carbonyl (C=O) groups excluding carboxylic acids is 1. The van der Waals surface area contributed by atoms with Crippen molar-refractivity contribution < 1.29 is 18.0 Å². The fraction of sp³-hybridized carbons (Fsp3) is 0.364. The van der Waals surface area contributed by atoms with Crippen LogP contribution in [0.25, 0.3) is 11.1 Å². The second-order valence-electron chi connectivity index (χ2n) is 7.82. The second kappa shape index (κ2) is 6.94. The molecule has 1 fully saturated rings. The zero-order valence-corrected chi connectivity index (χ0v) is 16.5. The first-order valence-electron chi connectivity index (χ1n) is 9.58. The summed E-state index contributed by atoms with van der Waals surface area (Å²) in [6.07, 6.45) is -2.69. The Morgan fingerprint density at radius 1 is 1.20 bits per heavy atom. The Labute approximate surface area is 171 Å². The third kappa shape index (κ3) is 3.34. The van der Waals surface area contributed by atoms with Crippen molar-refractivity contribution in [2.24, 2.45) is 4.99 Å². The molecular formula is C22H19F3N4O. The number of rotatable bonds is 2. The average Bonchev–Trinajstić information content (AvgIpc) is 3.26. The SMILES string of the molecule is Cc1cc(-c2cc(C(F)(F)F)ccc2C#N)cc(C2=N[C@]3(CC2)CCN(C)C3=O)n1. The van der Waals surface area contributed by atoms with Gasteiger partial charge in [0, 0.05) is 24.8 Å². The number of aliphatic imine (C=N–C) groups is 1. The summed E-state index contributed by atoms with van der Waals surface area (Å²) < 4.78 is 39.6. The lowest BCUT2D eigenvalue weighted by Gasteiger charge is -2.17. The van der Waals surface area contributed by atoms with E-state index in [2.05, 4.69) is 4.98 Å². The maximum Gasteiger partial charge on any atom is 0.416 e. The van der Waals surface area contributed by atoms with E-state index in [0.29, 0.717) is 48.5 Å². The summed E-state index contributed by atoms with van der Waals surface area (Å²) in [5, 5.41) is 9.40. The number of nitriles is 1. The molecule has 1 atom stereocenters. The normalized spacial score (nSPS) is 21.3. The topological polar surface area (TPSA) is 69.3 Å². The predicted octanol–water partition coefficient (Wildman–Crippen LogP) is 4.13. The smallest absolute Gasteiger partial charge is 0.344 e. The maximum absolute atomic E-state index is 13.2. The van der Waals surface area contributed by atoms with Gasteiger partial charge in [-0.15, -0.1) is 0 Å². The number of aryl methyl sites for hydroxylation is 1. The molecule has 0 unspecified atom stereocenters. The third-order valence-electron chi connectivity index (χ3n) is 5.76. The first-order valence-corrected chi connectivity index (χ1v) is 9.58. The lowest BCUT2D eigenvalue weighted by Crippen LogP contribution is -2.35. The summed E-state index contributed by atoms with van der Waals surface area (Å²) >= 11 is 0. The van der Waals surface area contributed by atoms with Crippen molar-refractivity contribution in [3.05, 3.63) is 52.8 Å². The van der Waals surface area contributed by atoms with Gasteiger partial charge in [0.2, 0.25) is 5.91 Å². The Bertz CT molecular complexity index is 1120. The average molecular weight is 412 g/mol. The number of alkyl halides is 3. The van der Waals surface area contributed by atoms with Crippen LogP contribution in [0.15, 0.2) is 35.3 Å². The molecule has 0 N–H and O–H groups in total. The second-order valence-corrected chi connectivity index (χ2v) is 7.82. The zero-order chi connectivity index (χ0) is 21.7. The standard InChI is InChI=1S/C22H19F3N4O/c1-13-9-15(17-11-16(22(23,24)25)4-3-14(17)12-26)10-19(27-13)18-5-6-21(28-18)7-8-29(2)20(21)30/h3-4,9-11H,5-8H2,1-2H3/t21-/m1/s1. The van der Waals surface area contributed by atoms with Crippen LogP contribution in [0.1, 0.15) is 41.8 Å². The van der Waals surface area contributed by atoms with Gasteiger partial charge in [0.1, 0.15) is 5.54 Å². The van der Waals surface area contributed by atoms with Crippen molar-refractivity contribution in [1.82, 2.24) is 9.88 Å². The van der Waals surface area contributed by atoms with Gasteiger partial charge in [0.05, 0.1) is 28.6 Å². The minimum atomic E-state index is -4.51. The number of nitrogens with zero attached hydrogens (tertiary/aromatic N) is 4. The molecule has 0 saturated carbocycles. The zero-order valence-electron chi connectivity index (χ0n) is 16.5. The largest absolute Gasteiger partial charge is 0.416 e. The van der Waals surface area contributed by atoms with Crippen molar-refractivity contribution in [2.45, 2.75) is 37.9 Å². The molecule has 1 saturated heterocycles. The predicted molar refractivity (Wildman–Crippen MR) is 105 cm³/mol. The molecular weight excluding hydrogens is 393 g/mol. The van der Waals surface area contributed by atoms with E-state index in [-0.39, 0.29) is 17.0 Å². The fourth-order valence-electron chi connectivity index (χ4n) is 4.16. The summed E-state index contributed by atoms with van der Waals surface area (Å²) in [6.45, 7) is 2.39. The molecule has 4 rings (SSSR count). The van der Waals surface area contributed by atoms with Crippen molar-refractivity contribution in [1.29, 1.82) is 5.26 Å². The van der Waals surface area contributed by atoms with E-state index >= 15 is 0 Å². The molecule has 5 nitrogen and oxygen atoms in total. The lowest BCUT2D eigenvalue weighted by atomic mass is 9.94. The molecule has 2 aromatic rings. The van der Waals surface area contributed by atoms with Crippen LogP contribution >= 0.6 is 0 Å². The van der Waals surface area contributed by atoms with E-state index in [9.17, 15) is 23.2 Å². The van der Waals surface area contributed by atoms with Gasteiger partial charge in [-0.05, 0) is 62.1 Å². The van der Waals surface area contributed by atoms with Crippen molar-refractivity contribution >= 4 is 11.6 Å². The number of pyridine rings is 1. The van der Waals surface area contributed by atoms with Crippen molar-refractivity contribution in [3.8, 4) is 17.2 Å². The molecule has 0 bridgehead atoms. The quantitative estimate of drug-likeness (QED) is 0.745. The third-order valence-corrected chi connectivity index (χ3v) is 5.76. The van der Waals surface area contributed by atoms with Crippen LogP contribution in [0, 0.1) is 18.3 Å². The number of hydrogen-bond donors (Lipinski definition) is 0. The number of hydrogen-bond acceptors (Lipinski definition) is 4. The van der Waals surface area contributed by atoms with Crippen LogP contribution in [0.5, 0.6) is 0 Å². The van der Waals surface area contributed by atoms with Crippen LogP contribution in [0.2, 0.25) is 0 Å². The molecule has 1 aromatic heterocycles. The molecule has 1 amide bonds. The Morgan fingerprint density at radius 2 is 1.97 bits per heavy atom. The molecule has 30 heavy (non-hydrogen) atoms. The Kier molecular flexibility index (Phi) is 4.64. The number of aromatic nitrogens is 1. The highest BCUT2D eigenvalue weighted by molar-refractivity contribution is 6.05. The molecule has 3 heterocycles. The van der Waals surface area contributed by atoms with Gasteiger partial charge in [-0.25, -0.2) is 0 Å². The van der Waals surface area contributed by atoms with Gasteiger partial charge in [-0.1, -0.05) is 0 Å². The molecule has 2 aliphatic heterocycles. The van der Waals surface area contributed by atoms with Crippen LogP contribution in [-0.4, -0.2) is 40.6 Å². The summed E-state index contributed by atoms with van der Waals surface area (Å²) in [5.74, 6) is -0.00461. The van der Waals surface area contributed by atoms with E-state index in [1.807, 2.05) is 6.07 Å². The van der Waals surface area contributed by atoms with Gasteiger partial charge in [-0.3, -0.25) is 14.8 Å². The van der Waals surface area contributed by atoms with Gasteiger partial charge >= 0.3 is 6.18 Å². The molecule has 8 heteroatoms. The van der Waals surface area contributed by atoms with E-state index in [4.69, 9.17) is 4.99 Å². The molecule has 0 aliphatic carbocycles. The number of halogens is 3. The molecule has 154 valence electrons. The fourth-order valence-corrected chi connectivity index (χ4v) is 4.16. The van der Waals surface area contributed by atoms with E-state index in [1.165, 1.54) is 6.07 Å². The summed E-state index contributed by atoms with van der Waals surface area (Å²) in [4.78, 5) is 23.4. The molecule has 1 aromatic carbocycles. The number of likely N-dealkylation sites (tertiary alicyclic amines) is 1. The highest BCUT2D eigenvalue weighted by atomic mass is 19.4. The Morgan fingerprint density at radius 3 is 2.60 bits per heavy atom. The van der Waals surface area contributed by atoms with Gasteiger partial charge in [0.25, 0.3) is 0 Å². The van der Waals surface area contributed by atoms with Gasteiger partial charge in [-0.2, -0.15) is 18.4 Å². The van der Waals surface area contributed by atoms with Crippen LogP contribution < -0.4 is 0 Å². The number of amides is 1. The van der Waals surface area contributed by atoms with Gasteiger partial charge < -0.3 is 4.90 Å². The lowest BCUT2D eigenvalue weighted by molar-refractivity contribution is -0.137. The summed E-state index contributed by atoms with van der Waals surface area (Å²) in [5.41, 5.74) is 1.06. The van der Waals surface area contributed by atoms with Gasteiger partial charge in [0.15, 0.2) is 0 Å². The summed E-state index contributed by atoms with van der Waals surface area (Å²) in [6, 6.07) is 8.35. The van der Waals surface area contributed by atoms with Crippen LogP contribution in [-0.2, 0) is 11.0 Å².